The van der Waals surface area contributed by atoms with Crippen molar-refractivity contribution >= 4 is 54.7 Å². The average molecular weight is 522 g/mol. The predicted octanol–water partition coefficient (Wildman–Crippen LogP) is 7.38. The molecule has 2 aliphatic heterocycles. The molecule has 0 bridgehead atoms. The Morgan fingerprint density at radius 2 is 1.24 bits per heavy atom. The van der Waals surface area contributed by atoms with E-state index in [9.17, 15) is 5.11 Å². The number of fused-ring (bicyclic) bond motifs is 2. The van der Waals surface area contributed by atoms with Crippen molar-refractivity contribution in [3.05, 3.63) is 44.3 Å². The normalized spacial score (nSPS) is 17.6. The maximum atomic E-state index is 9.82. The van der Waals surface area contributed by atoms with Crippen LogP contribution in [-0.4, -0.2) is 23.6 Å². The van der Waals surface area contributed by atoms with E-state index in [0.29, 0.717) is 5.75 Å². The second-order valence-corrected chi connectivity index (χ2v) is 10.1. The molecule has 4 rings (SSSR count). The van der Waals surface area contributed by atoms with Gasteiger partial charge in [-0.1, -0.05) is 27.7 Å². The Bertz CT molecular complexity index is 1050. The number of aliphatic imine (C=N–C) groups is 2. The number of methoxy groups -OCH3 is 1. The number of ether oxygens (including phenoxy) is 1. The zero-order valence-corrected chi connectivity index (χ0v) is 21.0. The van der Waals surface area contributed by atoms with Gasteiger partial charge in [0.15, 0.2) is 0 Å². The molecule has 0 aliphatic carbocycles. The second-order valence-electron chi connectivity index (χ2n) is 8.41. The van der Waals surface area contributed by atoms with Crippen molar-refractivity contribution in [2.24, 2.45) is 9.98 Å². The topological polar surface area (TPSA) is 54.2 Å². The molecule has 0 fully saturated rings. The lowest BCUT2D eigenvalue weighted by Gasteiger charge is -2.22. The number of halogens is 2. The van der Waals surface area contributed by atoms with Gasteiger partial charge >= 0.3 is 0 Å². The van der Waals surface area contributed by atoms with Gasteiger partial charge in [-0.2, -0.15) is 0 Å². The van der Waals surface area contributed by atoms with Crippen LogP contribution in [0.15, 0.2) is 43.2 Å². The summed E-state index contributed by atoms with van der Waals surface area (Å²) in [7, 11) is 1.70. The van der Waals surface area contributed by atoms with Gasteiger partial charge in [0.25, 0.3) is 0 Å². The minimum atomic E-state index is -0.163. The fourth-order valence-electron chi connectivity index (χ4n) is 3.69. The van der Waals surface area contributed by atoms with Crippen LogP contribution in [0.5, 0.6) is 11.5 Å². The van der Waals surface area contributed by atoms with Gasteiger partial charge in [0.05, 0.1) is 18.5 Å². The Hall–Kier alpha value is -1.66. The number of benzene rings is 2. The van der Waals surface area contributed by atoms with Gasteiger partial charge < -0.3 is 9.84 Å². The standard InChI is InChI=1S/C12H14BrNO.C11H12BrNO/c1-7-12(2,3)10-9(15-4)6-5-8(13)11(10)14-7;1-6-11(2,3)9-8(14)5-4-7(12)10(9)13-6/h5-6H,1-4H3;4-5,14H,1-3H3. The number of nitrogens with zero attached hydrogens (tertiary/aromatic N) is 2. The van der Waals surface area contributed by atoms with Gasteiger partial charge in [0, 0.05) is 42.3 Å². The highest BCUT2D eigenvalue weighted by Crippen LogP contribution is 2.49. The van der Waals surface area contributed by atoms with Crippen LogP contribution in [0.25, 0.3) is 0 Å². The summed E-state index contributed by atoms with van der Waals surface area (Å²) in [6, 6.07) is 7.50. The molecule has 2 heterocycles. The molecule has 0 unspecified atom stereocenters. The monoisotopic (exact) mass is 520 g/mol. The summed E-state index contributed by atoms with van der Waals surface area (Å²) in [5, 5.41) is 9.82. The van der Waals surface area contributed by atoms with Gasteiger partial charge in [-0.15, -0.1) is 0 Å². The molecule has 0 saturated carbocycles. The van der Waals surface area contributed by atoms with Gasteiger partial charge in [-0.05, 0) is 70.0 Å². The molecular weight excluding hydrogens is 496 g/mol. The first-order valence-electron chi connectivity index (χ1n) is 9.43. The smallest absolute Gasteiger partial charge is 0.125 e. The van der Waals surface area contributed by atoms with Crippen molar-refractivity contribution in [3.8, 4) is 11.5 Å². The molecule has 6 heteroatoms. The third kappa shape index (κ3) is 3.55. The number of hydrogen-bond donors (Lipinski definition) is 1. The summed E-state index contributed by atoms with van der Waals surface area (Å²) in [4.78, 5) is 9.08. The Balaban J connectivity index is 0.000000166. The SMILES string of the molecule is CC1=Nc2c(Br)ccc(O)c2C1(C)C.COc1ccc(Br)c2c1C(C)(C)C(C)=N2. The maximum Gasteiger partial charge on any atom is 0.125 e. The summed E-state index contributed by atoms with van der Waals surface area (Å²) in [6.07, 6.45) is 0. The molecule has 2 aliphatic rings. The van der Waals surface area contributed by atoms with E-state index in [0.717, 1.165) is 43.1 Å². The molecule has 1 N–H and O–H groups in total. The highest BCUT2D eigenvalue weighted by molar-refractivity contribution is 9.11. The first-order valence-corrected chi connectivity index (χ1v) is 11.0. The lowest BCUT2D eigenvalue weighted by molar-refractivity contribution is 0.405. The Kier molecular flexibility index (Phi) is 5.73. The minimum Gasteiger partial charge on any atom is -0.508 e. The molecule has 0 spiro atoms. The van der Waals surface area contributed by atoms with Crippen molar-refractivity contribution < 1.29 is 9.84 Å². The van der Waals surface area contributed by atoms with E-state index in [4.69, 9.17) is 4.74 Å². The largest absolute Gasteiger partial charge is 0.508 e. The van der Waals surface area contributed by atoms with E-state index < -0.39 is 0 Å². The van der Waals surface area contributed by atoms with Crippen LogP contribution in [0.2, 0.25) is 0 Å². The molecular formula is C23H26Br2N2O2. The fraction of sp³-hybridized carbons (Fsp3) is 0.391. The number of hydrogen-bond acceptors (Lipinski definition) is 4. The zero-order chi connectivity index (χ0) is 21.7. The lowest BCUT2D eigenvalue weighted by Crippen LogP contribution is -2.23. The summed E-state index contributed by atoms with van der Waals surface area (Å²) in [6.45, 7) is 12.5. The van der Waals surface area contributed by atoms with Crippen molar-refractivity contribution in [2.45, 2.75) is 52.4 Å². The molecule has 4 nitrogen and oxygen atoms in total. The number of aromatic hydroxyl groups is 1. The summed E-state index contributed by atoms with van der Waals surface area (Å²) < 4.78 is 7.37. The molecule has 2 aromatic carbocycles. The van der Waals surface area contributed by atoms with Crippen molar-refractivity contribution in [2.75, 3.05) is 7.11 Å². The highest BCUT2D eigenvalue weighted by Gasteiger charge is 2.37. The minimum absolute atomic E-state index is 0.0372. The molecule has 29 heavy (non-hydrogen) atoms. The average Bonchev–Trinajstić information content (AvgIpc) is 3.04. The molecule has 0 atom stereocenters. The molecule has 154 valence electrons. The third-order valence-electron chi connectivity index (χ3n) is 6.04. The third-order valence-corrected chi connectivity index (χ3v) is 7.31. The summed E-state index contributed by atoms with van der Waals surface area (Å²) in [5.74, 6) is 1.24. The predicted molar refractivity (Wildman–Crippen MR) is 128 cm³/mol. The molecule has 0 saturated heterocycles. The van der Waals surface area contributed by atoms with Crippen LogP contribution in [0, 0.1) is 0 Å². The molecule has 0 radical (unpaired) electrons. The highest BCUT2D eigenvalue weighted by atomic mass is 79.9. The number of phenolic OH excluding ortho intramolecular Hbond substituents is 1. The molecule has 0 amide bonds. The second kappa shape index (κ2) is 7.55. The van der Waals surface area contributed by atoms with Crippen molar-refractivity contribution in [3.63, 3.8) is 0 Å². The Labute approximate surface area is 189 Å². The first kappa shape index (κ1) is 22.0. The number of rotatable bonds is 1. The van der Waals surface area contributed by atoms with Crippen molar-refractivity contribution in [1.82, 2.24) is 0 Å². The first-order chi connectivity index (χ1) is 13.4. The van der Waals surface area contributed by atoms with Gasteiger partial charge in [-0.25, -0.2) is 0 Å². The van der Waals surface area contributed by atoms with Gasteiger partial charge in [-0.3, -0.25) is 9.98 Å². The maximum absolute atomic E-state index is 9.82. The number of phenols is 1. The van der Waals surface area contributed by atoms with Crippen molar-refractivity contribution in [1.29, 1.82) is 0 Å². The Morgan fingerprint density at radius 1 is 0.793 bits per heavy atom. The molecule has 0 aromatic heterocycles. The van der Waals surface area contributed by atoms with E-state index in [1.165, 1.54) is 5.56 Å². The van der Waals surface area contributed by atoms with Crippen LogP contribution in [-0.2, 0) is 10.8 Å². The molecule has 2 aromatic rings. The van der Waals surface area contributed by atoms with Crippen LogP contribution >= 0.6 is 31.9 Å². The summed E-state index contributed by atoms with van der Waals surface area (Å²) in [5.41, 5.74) is 5.94. The fourth-order valence-corrected chi connectivity index (χ4v) is 4.53. The lowest BCUT2D eigenvalue weighted by atomic mass is 9.82. The quantitative estimate of drug-likeness (QED) is 0.425. The van der Waals surface area contributed by atoms with Crippen LogP contribution < -0.4 is 4.74 Å². The van der Waals surface area contributed by atoms with Gasteiger partial charge in [0.1, 0.15) is 11.5 Å². The van der Waals surface area contributed by atoms with E-state index >= 15 is 0 Å². The van der Waals surface area contributed by atoms with E-state index in [2.05, 4.69) is 76.5 Å². The Morgan fingerprint density at radius 3 is 1.72 bits per heavy atom. The van der Waals surface area contributed by atoms with Crippen LogP contribution in [0.4, 0.5) is 11.4 Å². The van der Waals surface area contributed by atoms with E-state index in [-0.39, 0.29) is 10.8 Å². The van der Waals surface area contributed by atoms with Crippen LogP contribution in [0.3, 0.4) is 0 Å². The van der Waals surface area contributed by atoms with E-state index in [1.807, 2.05) is 25.1 Å². The summed E-state index contributed by atoms with van der Waals surface area (Å²) >= 11 is 6.97. The van der Waals surface area contributed by atoms with Crippen LogP contribution in [0.1, 0.15) is 52.7 Å². The zero-order valence-electron chi connectivity index (χ0n) is 17.8. The van der Waals surface area contributed by atoms with Gasteiger partial charge in [0.2, 0.25) is 0 Å². The van der Waals surface area contributed by atoms with E-state index in [1.54, 1.807) is 13.2 Å².